The molecule has 1 aliphatic rings. The molecule has 0 aromatic carbocycles. The van der Waals surface area contributed by atoms with Crippen molar-refractivity contribution >= 4 is 15.8 Å². The number of nitrogens with two attached hydrogens (primary N) is 2. The first-order valence-corrected chi connectivity index (χ1v) is 12.4. The van der Waals surface area contributed by atoms with E-state index in [4.69, 9.17) is 11.5 Å². The van der Waals surface area contributed by atoms with Gasteiger partial charge in [-0.2, -0.15) is 0 Å². The van der Waals surface area contributed by atoms with E-state index in [0.29, 0.717) is 5.41 Å². The van der Waals surface area contributed by atoms with Gasteiger partial charge in [-0.1, -0.05) is 48.8 Å². The Balaban J connectivity index is 2.53. The summed E-state index contributed by atoms with van der Waals surface area (Å²) in [6.07, 6.45) is 13.1. The molecule has 0 aromatic heterocycles. The van der Waals surface area contributed by atoms with E-state index in [9.17, 15) is 8.42 Å². The van der Waals surface area contributed by atoms with Gasteiger partial charge in [-0.25, -0.2) is 13.4 Å². The third-order valence-electron chi connectivity index (χ3n) is 6.62. The van der Waals surface area contributed by atoms with Crippen LogP contribution >= 0.6 is 0 Å². The van der Waals surface area contributed by atoms with Gasteiger partial charge < -0.3 is 11.5 Å². The minimum absolute atomic E-state index is 0.0403. The summed E-state index contributed by atoms with van der Waals surface area (Å²) in [5.74, 6) is 0.486. The molecule has 3 unspecified atom stereocenters. The zero-order valence-corrected chi connectivity index (χ0v) is 20.0. The summed E-state index contributed by atoms with van der Waals surface area (Å²) in [5, 5.41) is -0.917. The Hall–Kier alpha value is -1.56. The molecule has 0 amide bonds. The van der Waals surface area contributed by atoms with Crippen molar-refractivity contribution in [3.8, 4) is 0 Å². The first-order chi connectivity index (χ1) is 13.4. The van der Waals surface area contributed by atoms with Gasteiger partial charge in [0.1, 0.15) is 0 Å². The number of aliphatic imine (C=N–C) groups is 1. The smallest absolute Gasteiger partial charge is 0.187 e. The van der Waals surface area contributed by atoms with Gasteiger partial charge in [0.25, 0.3) is 0 Å². The number of hydrogen-bond acceptors (Lipinski definition) is 3. The summed E-state index contributed by atoms with van der Waals surface area (Å²) in [6.45, 7) is 12.7. The maximum Gasteiger partial charge on any atom is 0.187 e. The predicted octanol–water partition coefficient (Wildman–Crippen LogP) is 4.86. The summed E-state index contributed by atoms with van der Waals surface area (Å²) in [5.41, 5.74) is 14.9. The minimum Gasteiger partial charge on any atom is -0.370 e. The summed E-state index contributed by atoms with van der Waals surface area (Å²) in [6, 6.07) is 0. The molecule has 0 bridgehead atoms. The van der Waals surface area contributed by atoms with Gasteiger partial charge in [-0.05, 0) is 77.6 Å². The molecule has 0 radical (unpaired) electrons. The first-order valence-electron chi connectivity index (χ1n) is 10.7. The molecule has 5 nitrogen and oxygen atoms in total. The standard InChI is InChI=1S/C23H41N3O2S/c1-17(13-15-23(6)19(3)11-8-12-20(23)4)9-7-10-18(2)14-16-29(27,28)21(5)26-22(24)25/h9,11,14,20-21H,7-8,10,12-13,15-16H2,1-6H3,(H4,24,25,26)/b17-9+,18-14+. The summed E-state index contributed by atoms with van der Waals surface area (Å²) < 4.78 is 24.4. The lowest BCUT2D eigenvalue weighted by atomic mass is 9.65. The van der Waals surface area contributed by atoms with Gasteiger partial charge >= 0.3 is 0 Å². The number of hydrogen-bond donors (Lipinski definition) is 2. The lowest BCUT2D eigenvalue weighted by Crippen LogP contribution is -2.29. The summed E-state index contributed by atoms with van der Waals surface area (Å²) >= 11 is 0. The second kappa shape index (κ2) is 11.0. The van der Waals surface area contributed by atoms with Crippen molar-refractivity contribution in [3.05, 3.63) is 34.9 Å². The molecule has 6 heteroatoms. The molecule has 1 rings (SSSR count). The van der Waals surface area contributed by atoms with Crippen molar-refractivity contribution in [1.82, 2.24) is 0 Å². The summed E-state index contributed by atoms with van der Waals surface area (Å²) in [4.78, 5) is 3.73. The van der Waals surface area contributed by atoms with Crippen LogP contribution < -0.4 is 11.5 Å². The van der Waals surface area contributed by atoms with Crippen molar-refractivity contribution in [2.45, 2.75) is 85.4 Å². The fraction of sp³-hybridized carbons (Fsp3) is 0.696. The van der Waals surface area contributed by atoms with E-state index >= 15 is 0 Å². The molecule has 166 valence electrons. The number of allylic oxidation sites excluding steroid dienone is 5. The molecule has 0 aromatic rings. The minimum atomic E-state index is -3.37. The van der Waals surface area contributed by atoms with E-state index in [-0.39, 0.29) is 11.7 Å². The van der Waals surface area contributed by atoms with E-state index in [1.54, 1.807) is 11.6 Å². The first kappa shape index (κ1) is 25.5. The lowest BCUT2D eigenvalue weighted by molar-refractivity contribution is 0.211. The normalized spacial score (nSPS) is 24.8. The topological polar surface area (TPSA) is 98.5 Å². The quantitative estimate of drug-likeness (QED) is 0.298. The largest absolute Gasteiger partial charge is 0.370 e. The lowest BCUT2D eigenvalue weighted by Gasteiger charge is -2.40. The van der Waals surface area contributed by atoms with Gasteiger partial charge in [0.05, 0.1) is 5.75 Å². The van der Waals surface area contributed by atoms with Crippen molar-refractivity contribution in [3.63, 3.8) is 0 Å². The molecular formula is C23H41N3O2S. The zero-order chi connectivity index (χ0) is 22.2. The maximum absolute atomic E-state index is 12.2. The van der Waals surface area contributed by atoms with E-state index in [2.05, 4.69) is 44.8 Å². The third kappa shape index (κ3) is 8.00. The van der Waals surface area contributed by atoms with Crippen LogP contribution in [0.5, 0.6) is 0 Å². The highest BCUT2D eigenvalue weighted by Crippen LogP contribution is 2.45. The van der Waals surface area contributed by atoms with Gasteiger partial charge in [-0.15, -0.1) is 0 Å². The van der Waals surface area contributed by atoms with Crippen LogP contribution in [0.4, 0.5) is 0 Å². The van der Waals surface area contributed by atoms with E-state index in [0.717, 1.165) is 30.8 Å². The molecule has 0 saturated heterocycles. The Labute approximate surface area is 178 Å². The average Bonchev–Trinajstić information content (AvgIpc) is 2.62. The molecular weight excluding hydrogens is 382 g/mol. The van der Waals surface area contributed by atoms with Crippen LogP contribution in [-0.4, -0.2) is 25.5 Å². The number of nitrogens with zero attached hydrogens (tertiary/aromatic N) is 1. The van der Waals surface area contributed by atoms with Gasteiger partial charge in [0, 0.05) is 0 Å². The van der Waals surface area contributed by atoms with Gasteiger partial charge in [0.2, 0.25) is 0 Å². The van der Waals surface area contributed by atoms with Crippen LogP contribution in [0.15, 0.2) is 39.9 Å². The van der Waals surface area contributed by atoms with Crippen LogP contribution in [0.25, 0.3) is 0 Å². The predicted molar refractivity (Wildman–Crippen MR) is 125 cm³/mol. The monoisotopic (exact) mass is 423 g/mol. The molecule has 0 saturated carbocycles. The molecule has 4 N–H and O–H groups in total. The van der Waals surface area contributed by atoms with Crippen LogP contribution in [0.3, 0.4) is 0 Å². The zero-order valence-electron chi connectivity index (χ0n) is 19.2. The Morgan fingerprint density at radius 1 is 1.28 bits per heavy atom. The van der Waals surface area contributed by atoms with E-state index in [1.807, 2.05) is 6.92 Å². The van der Waals surface area contributed by atoms with Gasteiger partial charge in [0.15, 0.2) is 21.2 Å². The fourth-order valence-electron chi connectivity index (χ4n) is 3.83. The number of rotatable bonds is 10. The Morgan fingerprint density at radius 2 is 1.90 bits per heavy atom. The number of sulfone groups is 1. The maximum atomic E-state index is 12.2. The Bertz CT molecular complexity index is 774. The third-order valence-corrected chi connectivity index (χ3v) is 8.40. The van der Waals surface area contributed by atoms with Gasteiger partial charge in [-0.3, -0.25) is 0 Å². The highest BCUT2D eigenvalue weighted by molar-refractivity contribution is 7.92. The fourth-order valence-corrected chi connectivity index (χ4v) is 4.91. The summed E-state index contributed by atoms with van der Waals surface area (Å²) in [7, 11) is -3.37. The van der Waals surface area contributed by atoms with Crippen LogP contribution in [0.2, 0.25) is 0 Å². The highest BCUT2D eigenvalue weighted by Gasteiger charge is 2.34. The number of guanidine groups is 1. The van der Waals surface area contributed by atoms with Crippen LogP contribution in [0.1, 0.15) is 80.1 Å². The van der Waals surface area contributed by atoms with E-state index in [1.165, 1.54) is 31.8 Å². The highest BCUT2D eigenvalue weighted by atomic mass is 32.2. The van der Waals surface area contributed by atoms with Crippen LogP contribution in [0, 0.1) is 11.3 Å². The van der Waals surface area contributed by atoms with Crippen molar-refractivity contribution in [1.29, 1.82) is 0 Å². The molecule has 1 aliphatic carbocycles. The van der Waals surface area contributed by atoms with Crippen molar-refractivity contribution in [2.24, 2.45) is 27.8 Å². The SMILES string of the molecule is CC1=CCCC(C)C1(C)CC/C(C)=C/CC/C(C)=C/CS(=O)(=O)C(C)N=C(N)N. The molecule has 0 spiro atoms. The van der Waals surface area contributed by atoms with E-state index < -0.39 is 15.2 Å². The second-order valence-electron chi connectivity index (χ2n) is 8.91. The average molecular weight is 424 g/mol. The van der Waals surface area contributed by atoms with Crippen LogP contribution in [-0.2, 0) is 9.84 Å². The van der Waals surface area contributed by atoms with Crippen molar-refractivity contribution in [2.75, 3.05) is 5.75 Å². The molecule has 0 heterocycles. The van der Waals surface area contributed by atoms with Crippen molar-refractivity contribution < 1.29 is 8.42 Å². The Morgan fingerprint density at radius 3 is 2.48 bits per heavy atom. The molecule has 29 heavy (non-hydrogen) atoms. The Kier molecular flexibility index (Phi) is 9.66. The second-order valence-corrected chi connectivity index (χ2v) is 11.2. The molecule has 3 atom stereocenters. The molecule has 0 fully saturated rings. The molecule has 0 aliphatic heterocycles.